The lowest BCUT2D eigenvalue weighted by atomic mass is 10.1. The largest absolute Gasteiger partial charge is 0.394 e. The minimum Gasteiger partial charge on any atom is -0.394 e. The number of benzene rings is 2. The highest BCUT2D eigenvalue weighted by Gasteiger charge is 2.29. The molecule has 0 saturated heterocycles. The van der Waals surface area contributed by atoms with E-state index in [1.165, 1.54) is 6.08 Å². The smallest absolute Gasteiger partial charge is 0.268 e. The molecule has 0 spiro atoms. The van der Waals surface area contributed by atoms with Gasteiger partial charge in [-0.15, -0.1) is 0 Å². The summed E-state index contributed by atoms with van der Waals surface area (Å²) in [6, 6.07) is 17.9. The number of nitrogens with two attached hydrogens (primary N) is 1. The standard InChI is InChI=1S/C22H20N4O3/c23-17(13-18(27)14-11-12-14)21(28)24-19(15-7-3-1-4-8-15)22-25-20(26-29-22)16-9-5-2-6-10-16/h1-10,13-14,19H,11-12,23H2,(H,24,28). The number of nitrogens with zero attached hydrogens (tertiary/aromatic N) is 2. The van der Waals surface area contributed by atoms with E-state index in [2.05, 4.69) is 15.5 Å². The molecule has 1 aromatic heterocycles. The van der Waals surface area contributed by atoms with Gasteiger partial charge < -0.3 is 15.6 Å². The predicted molar refractivity (Wildman–Crippen MR) is 106 cm³/mol. The van der Waals surface area contributed by atoms with Crippen LogP contribution in [0.5, 0.6) is 0 Å². The van der Waals surface area contributed by atoms with Crippen LogP contribution in [-0.2, 0) is 9.59 Å². The quantitative estimate of drug-likeness (QED) is 0.602. The fourth-order valence-electron chi connectivity index (χ4n) is 2.91. The molecule has 4 rings (SSSR count). The van der Waals surface area contributed by atoms with E-state index >= 15 is 0 Å². The molecular formula is C22H20N4O3. The maximum atomic E-state index is 12.6. The number of carbonyl (C=O) groups excluding carboxylic acids is 2. The fraction of sp³-hybridized carbons (Fsp3) is 0.182. The minimum atomic E-state index is -0.698. The van der Waals surface area contributed by atoms with Gasteiger partial charge in [-0.3, -0.25) is 9.59 Å². The third-order valence-corrected chi connectivity index (χ3v) is 4.67. The summed E-state index contributed by atoms with van der Waals surface area (Å²) < 4.78 is 5.44. The van der Waals surface area contributed by atoms with Gasteiger partial charge in [-0.1, -0.05) is 65.8 Å². The summed E-state index contributed by atoms with van der Waals surface area (Å²) in [4.78, 5) is 29.0. The Morgan fingerprint density at radius 1 is 1.07 bits per heavy atom. The monoisotopic (exact) mass is 388 g/mol. The molecule has 0 bridgehead atoms. The number of nitrogens with one attached hydrogen (secondary N) is 1. The van der Waals surface area contributed by atoms with Gasteiger partial charge in [-0.05, 0) is 18.4 Å². The SMILES string of the molecule is NC(=CC(=O)C1CC1)C(=O)NC(c1ccccc1)c1nc(-c2ccccc2)no1. The van der Waals surface area contributed by atoms with Crippen molar-refractivity contribution >= 4 is 11.7 Å². The Labute approximate surface area is 167 Å². The van der Waals surface area contributed by atoms with Gasteiger partial charge >= 0.3 is 0 Å². The first-order valence-corrected chi connectivity index (χ1v) is 9.37. The van der Waals surface area contributed by atoms with Crippen LogP contribution in [0.25, 0.3) is 11.4 Å². The fourth-order valence-corrected chi connectivity index (χ4v) is 2.91. The molecule has 146 valence electrons. The number of hydrogen-bond acceptors (Lipinski definition) is 6. The number of hydrogen-bond donors (Lipinski definition) is 2. The van der Waals surface area contributed by atoms with Gasteiger partial charge in [0.05, 0.1) is 0 Å². The molecule has 1 fully saturated rings. The maximum Gasteiger partial charge on any atom is 0.268 e. The van der Waals surface area contributed by atoms with Crippen LogP contribution in [0.1, 0.15) is 30.3 Å². The third-order valence-electron chi connectivity index (χ3n) is 4.67. The lowest BCUT2D eigenvalue weighted by Crippen LogP contribution is -2.33. The molecule has 1 aliphatic carbocycles. The summed E-state index contributed by atoms with van der Waals surface area (Å²) in [6.45, 7) is 0. The van der Waals surface area contributed by atoms with Crippen molar-refractivity contribution in [1.29, 1.82) is 0 Å². The van der Waals surface area contributed by atoms with Crippen molar-refractivity contribution in [2.45, 2.75) is 18.9 Å². The van der Waals surface area contributed by atoms with Crippen LogP contribution < -0.4 is 11.1 Å². The van der Waals surface area contributed by atoms with E-state index in [-0.39, 0.29) is 23.3 Å². The van der Waals surface area contributed by atoms with Crippen molar-refractivity contribution in [2.75, 3.05) is 0 Å². The van der Waals surface area contributed by atoms with Crippen molar-refractivity contribution in [2.24, 2.45) is 11.7 Å². The Kier molecular flexibility index (Phi) is 5.20. The van der Waals surface area contributed by atoms with Gasteiger partial charge in [0.2, 0.25) is 5.82 Å². The van der Waals surface area contributed by atoms with Gasteiger partial charge in [0, 0.05) is 17.6 Å². The Bertz CT molecular complexity index is 1040. The lowest BCUT2D eigenvalue weighted by molar-refractivity contribution is -0.119. The van der Waals surface area contributed by atoms with Crippen LogP contribution in [0.3, 0.4) is 0 Å². The van der Waals surface area contributed by atoms with Crippen LogP contribution in [0.2, 0.25) is 0 Å². The number of ketones is 1. The normalized spacial score (nSPS) is 15.0. The van der Waals surface area contributed by atoms with Crippen LogP contribution in [0.15, 0.2) is 77.0 Å². The predicted octanol–water partition coefficient (Wildman–Crippen LogP) is 2.76. The highest BCUT2D eigenvalue weighted by molar-refractivity contribution is 6.02. The molecular weight excluding hydrogens is 368 g/mol. The van der Waals surface area contributed by atoms with E-state index in [1.807, 2.05) is 60.7 Å². The molecule has 3 N–H and O–H groups in total. The van der Waals surface area contributed by atoms with Crippen molar-refractivity contribution in [1.82, 2.24) is 15.5 Å². The van der Waals surface area contributed by atoms with E-state index in [4.69, 9.17) is 10.3 Å². The molecule has 1 atom stereocenters. The number of aromatic nitrogens is 2. The van der Waals surface area contributed by atoms with Gasteiger partial charge in [0.15, 0.2) is 5.78 Å². The molecule has 7 heteroatoms. The molecule has 0 aliphatic heterocycles. The van der Waals surface area contributed by atoms with Gasteiger partial charge in [0.25, 0.3) is 11.8 Å². The van der Waals surface area contributed by atoms with Crippen LogP contribution in [-0.4, -0.2) is 21.8 Å². The molecule has 1 saturated carbocycles. The van der Waals surface area contributed by atoms with E-state index in [1.54, 1.807) is 0 Å². The molecule has 1 amide bonds. The van der Waals surface area contributed by atoms with Crippen molar-refractivity contribution in [3.05, 3.63) is 83.9 Å². The lowest BCUT2D eigenvalue weighted by Gasteiger charge is -2.15. The summed E-state index contributed by atoms with van der Waals surface area (Å²) >= 11 is 0. The topological polar surface area (TPSA) is 111 Å². The first-order chi connectivity index (χ1) is 14.1. The number of carbonyl (C=O) groups is 2. The van der Waals surface area contributed by atoms with Crippen LogP contribution >= 0.6 is 0 Å². The summed E-state index contributed by atoms with van der Waals surface area (Å²) in [5.74, 6) is -0.0334. The molecule has 1 unspecified atom stereocenters. The molecule has 3 aromatic rings. The second kappa shape index (κ2) is 8.10. The van der Waals surface area contributed by atoms with Gasteiger partial charge in [-0.2, -0.15) is 4.98 Å². The summed E-state index contributed by atoms with van der Waals surface area (Å²) in [5.41, 5.74) is 7.27. The second-order valence-corrected chi connectivity index (χ2v) is 6.92. The number of rotatable bonds is 7. The molecule has 1 heterocycles. The van der Waals surface area contributed by atoms with E-state index < -0.39 is 11.9 Å². The molecule has 0 radical (unpaired) electrons. The van der Waals surface area contributed by atoms with E-state index in [9.17, 15) is 9.59 Å². The van der Waals surface area contributed by atoms with Crippen molar-refractivity contribution in [3.63, 3.8) is 0 Å². The second-order valence-electron chi connectivity index (χ2n) is 6.92. The molecule has 2 aromatic carbocycles. The van der Waals surface area contributed by atoms with Crippen LogP contribution in [0, 0.1) is 5.92 Å². The zero-order chi connectivity index (χ0) is 20.2. The Balaban J connectivity index is 1.60. The van der Waals surface area contributed by atoms with Gasteiger partial charge in [0.1, 0.15) is 11.7 Å². The Hall–Kier alpha value is -3.74. The Morgan fingerprint density at radius 2 is 1.72 bits per heavy atom. The zero-order valence-corrected chi connectivity index (χ0v) is 15.6. The average molecular weight is 388 g/mol. The van der Waals surface area contributed by atoms with Crippen molar-refractivity contribution < 1.29 is 14.1 Å². The third kappa shape index (κ3) is 4.40. The number of amides is 1. The van der Waals surface area contributed by atoms with Crippen molar-refractivity contribution in [3.8, 4) is 11.4 Å². The summed E-state index contributed by atoms with van der Waals surface area (Å²) in [5, 5.41) is 6.83. The van der Waals surface area contributed by atoms with E-state index in [0.29, 0.717) is 5.82 Å². The van der Waals surface area contributed by atoms with E-state index in [0.717, 1.165) is 24.0 Å². The summed E-state index contributed by atoms with van der Waals surface area (Å²) in [6.07, 6.45) is 2.90. The van der Waals surface area contributed by atoms with Gasteiger partial charge in [-0.25, -0.2) is 0 Å². The van der Waals surface area contributed by atoms with Crippen LogP contribution in [0.4, 0.5) is 0 Å². The highest BCUT2D eigenvalue weighted by Crippen LogP contribution is 2.30. The molecule has 29 heavy (non-hydrogen) atoms. The number of allylic oxidation sites excluding steroid dienone is 1. The first-order valence-electron chi connectivity index (χ1n) is 9.37. The minimum absolute atomic E-state index is 0.00404. The molecule has 7 nitrogen and oxygen atoms in total. The average Bonchev–Trinajstić information content (AvgIpc) is 3.50. The highest BCUT2D eigenvalue weighted by atomic mass is 16.5. The summed E-state index contributed by atoms with van der Waals surface area (Å²) in [7, 11) is 0. The Morgan fingerprint density at radius 3 is 2.38 bits per heavy atom. The zero-order valence-electron chi connectivity index (χ0n) is 15.6. The first kappa shape index (κ1) is 18.6. The molecule has 1 aliphatic rings. The maximum absolute atomic E-state index is 12.6.